The molecule has 3 aliphatic rings. The van der Waals surface area contributed by atoms with Gasteiger partial charge in [0.25, 0.3) is 0 Å². The van der Waals surface area contributed by atoms with Crippen molar-refractivity contribution in [2.45, 2.75) is 57.9 Å². The summed E-state index contributed by atoms with van der Waals surface area (Å²) in [4.78, 5) is 14.8. The number of nitrogens with zero attached hydrogens (tertiary/aromatic N) is 3. The fraction of sp³-hybridized carbons (Fsp3) is 0.609. The van der Waals surface area contributed by atoms with Crippen LogP contribution in [0.4, 0.5) is 11.6 Å². The topological polar surface area (TPSA) is 70.2 Å². The number of fused-ring (bicyclic) bond motifs is 1. The van der Waals surface area contributed by atoms with Gasteiger partial charge in [-0.15, -0.1) is 10.2 Å². The molecule has 1 aromatic carbocycles. The van der Waals surface area contributed by atoms with Gasteiger partial charge in [-0.1, -0.05) is 44.0 Å². The van der Waals surface area contributed by atoms with Crippen LogP contribution in [0.1, 0.15) is 51.9 Å². The smallest absolute Gasteiger partial charge is 0.225 e. The molecule has 0 bridgehead atoms. The molecule has 29 heavy (non-hydrogen) atoms. The van der Waals surface area contributed by atoms with E-state index in [1.165, 1.54) is 25.7 Å². The highest BCUT2D eigenvalue weighted by Crippen LogP contribution is 2.45. The van der Waals surface area contributed by atoms with E-state index in [0.717, 1.165) is 61.3 Å². The highest BCUT2D eigenvalue weighted by molar-refractivity contribution is 5.98. The van der Waals surface area contributed by atoms with Gasteiger partial charge >= 0.3 is 0 Å². The quantitative estimate of drug-likeness (QED) is 0.775. The molecule has 1 aliphatic heterocycles. The fourth-order valence-electron chi connectivity index (χ4n) is 4.73. The zero-order valence-corrected chi connectivity index (χ0v) is 17.3. The van der Waals surface area contributed by atoms with Crippen LogP contribution in [0.25, 0.3) is 10.8 Å². The Hall–Kier alpha value is -2.37. The maximum absolute atomic E-state index is 12.7. The number of benzene rings is 1. The van der Waals surface area contributed by atoms with E-state index < -0.39 is 0 Å². The van der Waals surface area contributed by atoms with Gasteiger partial charge in [-0.25, -0.2) is 0 Å². The largest absolute Gasteiger partial charge is 0.368 e. The van der Waals surface area contributed by atoms with Gasteiger partial charge in [-0.05, 0) is 37.5 Å². The Labute approximate surface area is 172 Å². The minimum absolute atomic E-state index is 0.238. The Bertz CT molecular complexity index is 903. The third-order valence-electron chi connectivity index (χ3n) is 7.02. The lowest BCUT2D eigenvalue weighted by atomic mass is 10.1. The fourth-order valence-corrected chi connectivity index (χ4v) is 4.73. The highest BCUT2D eigenvalue weighted by Gasteiger charge is 2.37. The van der Waals surface area contributed by atoms with Crippen molar-refractivity contribution in [1.82, 2.24) is 15.1 Å². The highest BCUT2D eigenvalue weighted by atomic mass is 16.2. The number of hydrogen-bond acceptors (Lipinski definition) is 5. The second-order valence-corrected chi connectivity index (χ2v) is 9.50. The van der Waals surface area contributed by atoms with E-state index in [4.69, 9.17) is 0 Å². The van der Waals surface area contributed by atoms with Crippen LogP contribution < -0.4 is 10.6 Å². The van der Waals surface area contributed by atoms with Crippen molar-refractivity contribution in [3.05, 3.63) is 24.3 Å². The van der Waals surface area contributed by atoms with E-state index in [1.54, 1.807) is 0 Å². The van der Waals surface area contributed by atoms with Crippen LogP contribution in [-0.2, 0) is 4.79 Å². The third-order valence-corrected chi connectivity index (χ3v) is 7.02. The van der Waals surface area contributed by atoms with E-state index in [2.05, 4.69) is 50.9 Å². The van der Waals surface area contributed by atoms with Gasteiger partial charge < -0.3 is 15.5 Å². The molecule has 6 nitrogen and oxygen atoms in total. The molecule has 2 saturated carbocycles. The van der Waals surface area contributed by atoms with E-state index in [-0.39, 0.29) is 12.0 Å². The van der Waals surface area contributed by atoms with Crippen LogP contribution in [0.5, 0.6) is 0 Å². The minimum Gasteiger partial charge on any atom is -0.368 e. The number of anilines is 2. The van der Waals surface area contributed by atoms with Gasteiger partial charge in [0.15, 0.2) is 11.6 Å². The lowest BCUT2D eigenvalue weighted by Gasteiger charge is -2.21. The molecule has 1 aromatic heterocycles. The maximum Gasteiger partial charge on any atom is 0.225 e. The summed E-state index contributed by atoms with van der Waals surface area (Å²) in [5, 5.41) is 18.3. The van der Waals surface area contributed by atoms with Crippen molar-refractivity contribution in [3.63, 3.8) is 0 Å². The van der Waals surface area contributed by atoms with E-state index >= 15 is 0 Å². The summed E-state index contributed by atoms with van der Waals surface area (Å²) in [6.45, 7) is 4.86. The van der Waals surface area contributed by atoms with Gasteiger partial charge in [0.1, 0.15) is 0 Å². The van der Waals surface area contributed by atoms with Crippen molar-refractivity contribution in [1.29, 1.82) is 0 Å². The average Bonchev–Trinajstić information content (AvgIpc) is 3.16. The molecule has 2 aliphatic carbocycles. The number of rotatable bonds is 6. The summed E-state index contributed by atoms with van der Waals surface area (Å²) in [5.74, 6) is 2.30. The van der Waals surface area contributed by atoms with Crippen LogP contribution in [-0.4, -0.2) is 46.7 Å². The number of carbonyl (C=O) groups excluding carboxylic acids is 1. The molecule has 2 aromatic rings. The number of hydrogen-bond donors (Lipinski definition) is 2. The molecule has 1 unspecified atom stereocenters. The Morgan fingerprint density at radius 1 is 1.10 bits per heavy atom. The number of aromatic nitrogens is 2. The first-order valence-electron chi connectivity index (χ1n) is 11.2. The number of likely N-dealkylation sites (tertiary alicyclic amines) is 1. The molecule has 1 amide bonds. The molecule has 3 fully saturated rings. The summed E-state index contributed by atoms with van der Waals surface area (Å²) in [5.41, 5.74) is 0.416. The summed E-state index contributed by atoms with van der Waals surface area (Å²) in [6, 6.07) is 8.55. The van der Waals surface area contributed by atoms with Gasteiger partial charge in [-0.2, -0.15) is 0 Å². The molecule has 1 saturated heterocycles. The monoisotopic (exact) mass is 393 g/mol. The molecule has 0 spiro atoms. The van der Waals surface area contributed by atoms with Crippen LogP contribution in [0.3, 0.4) is 0 Å². The molecule has 154 valence electrons. The number of carbonyl (C=O) groups is 1. The number of amides is 1. The normalized spacial score (nSPS) is 23.5. The van der Waals surface area contributed by atoms with Crippen molar-refractivity contribution in [2.75, 3.05) is 30.3 Å². The summed E-state index contributed by atoms with van der Waals surface area (Å²) in [7, 11) is 0. The van der Waals surface area contributed by atoms with Crippen LogP contribution in [0, 0.1) is 11.3 Å². The molecule has 6 heteroatoms. The van der Waals surface area contributed by atoms with Crippen LogP contribution >= 0.6 is 0 Å². The predicted molar refractivity (Wildman–Crippen MR) is 116 cm³/mol. The van der Waals surface area contributed by atoms with Gasteiger partial charge in [0.05, 0.1) is 0 Å². The molecule has 2 N–H and O–H groups in total. The molecule has 2 heterocycles. The van der Waals surface area contributed by atoms with E-state index in [1.807, 2.05) is 6.07 Å². The first-order chi connectivity index (χ1) is 14.1. The van der Waals surface area contributed by atoms with Crippen molar-refractivity contribution in [3.8, 4) is 0 Å². The van der Waals surface area contributed by atoms with Crippen molar-refractivity contribution >= 4 is 28.3 Å². The van der Waals surface area contributed by atoms with Crippen molar-refractivity contribution < 1.29 is 4.79 Å². The summed E-state index contributed by atoms with van der Waals surface area (Å²) in [6.07, 6.45) is 8.06. The Morgan fingerprint density at radius 2 is 1.79 bits per heavy atom. The lowest BCUT2D eigenvalue weighted by Crippen LogP contribution is -2.35. The van der Waals surface area contributed by atoms with Crippen molar-refractivity contribution in [2.24, 2.45) is 11.3 Å². The van der Waals surface area contributed by atoms with Gasteiger partial charge in [0, 0.05) is 42.4 Å². The zero-order valence-electron chi connectivity index (χ0n) is 17.3. The summed E-state index contributed by atoms with van der Waals surface area (Å²) >= 11 is 0. The lowest BCUT2D eigenvalue weighted by molar-refractivity contribution is -0.134. The van der Waals surface area contributed by atoms with Gasteiger partial charge in [0.2, 0.25) is 5.91 Å². The summed E-state index contributed by atoms with van der Waals surface area (Å²) < 4.78 is 0. The predicted octanol–water partition coefficient (Wildman–Crippen LogP) is 4.04. The zero-order chi connectivity index (χ0) is 19.8. The second kappa shape index (κ2) is 7.47. The van der Waals surface area contributed by atoms with Crippen LogP contribution in [0.15, 0.2) is 24.3 Å². The Balaban J connectivity index is 1.29. The minimum atomic E-state index is 0.238. The standard InChI is InChI=1S/C23H31N5O/c1-23(11-12-23)15-24-20-18-8-4-5-9-19(18)21(27-26-20)25-17-10-13-28(14-17)22(29)16-6-2-3-7-16/h4-5,8-9,16-17H,2-3,6-7,10-15H2,1H3,(H,24,26)(H,25,27). The SMILES string of the molecule is CC1(CNc2nnc(NC3CCN(C(=O)C4CCCC4)C3)c3ccccc23)CC1. The molecular formula is C23H31N5O. The average molecular weight is 394 g/mol. The van der Waals surface area contributed by atoms with Crippen LogP contribution in [0.2, 0.25) is 0 Å². The second-order valence-electron chi connectivity index (χ2n) is 9.50. The molecular weight excluding hydrogens is 362 g/mol. The Kier molecular flexibility index (Phi) is 4.80. The molecule has 5 rings (SSSR count). The Morgan fingerprint density at radius 3 is 2.52 bits per heavy atom. The van der Waals surface area contributed by atoms with Gasteiger partial charge in [-0.3, -0.25) is 4.79 Å². The van der Waals surface area contributed by atoms with E-state index in [9.17, 15) is 4.79 Å². The molecule has 1 atom stereocenters. The number of nitrogens with one attached hydrogen (secondary N) is 2. The van der Waals surface area contributed by atoms with E-state index in [0.29, 0.717) is 11.3 Å². The first kappa shape index (κ1) is 18.6. The maximum atomic E-state index is 12.7. The molecule has 0 radical (unpaired) electrons. The third kappa shape index (κ3) is 3.89. The first-order valence-corrected chi connectivity index (χ1v) is 11.2.